The van der Waals surface area contributed by atoms with E-state index in [0.29, 0.717) is 0 Å². The molecule has 57 heavy (non-hydrogen) atoms. The maximum atomic E-state index is 6.66. The molecule has 2 heterocycles. The third-order valence-corrected chi connectivity index (χ3v) is 11.6. The minimum atomic E-state index is 0.811. The maximum Gasteiger partial charge on any atom is 0.159 e. The molecule has 1 aliphatic carbocycles. The van der Waals surface area contributed by atoms with Gasteiger partial charge < -0.3 is 18.6 Å². The van der Waals surface area contributed by atoms with Crippen molar-refractivity contribution in [2.24, 2.45) is 0 Å². The van der Waals surface area contributed by atoms with Crippen molar-refractivity contribution in [3.8, 4) is 11.1 Å². The van der Waals surface area contributed by atoms with Crippen LogP contribution in [-0.2, 0) is 6.42 Å². The molecule has 0 amide bonds. The Bertz CT molecular complexity index is 3340. The predicted octanol–water partition coefficient (Wildman–Crippen LogP) is 15.1. The lowest BCUT2D eigenvalue weighted by atomic mass is 9.95. The van der Waals surface area contributed by atoms with E-state index in [1.807, 2.05) is 18.2 Å². The lowest BCUT2D eigenvalue weighted by Crippen LogP contribution is -2.11. The van der Waals surface area contributed by atoms with Gasteiger partial charge in [-0.3, -0.25) is 0 Å². The van der Waals surface area contributed by atoms with Crippen molar-refractivity contribution < 1.29 is 8.83 Å². The molecule has 1 aliphatic rings. The van der Waals surface area contributed by atoms with E-state index in [9.17, 15) is 0 Å². The SMILES string of the molecule is c1ccc(N(c2ccc3c(c2)Cc2cc(N(c4ccccc4)c4cccc5c4oc4ccccc45)c4ccccc4c2-3)c2cccc3c2oc2ccccc23)cc1. The second-order valence-corrected chi connectivity index (χ2v) is 14.8. The van der Waals surface area contributed by atoms with Crippen LogP contribution in [0.2, 0.25) is 0 Å². The number of hydrogen-bond donors (Lipinski definition) is 0. The van der Waals surface area contributed by atoms with Crippen molar-refractivity contribution >= 4 is 88.8 Å². The molecular weight excluding hydrogens is 697 g/mol. The van der Waals surface area contributed by atoms with Crippen LogP contribution >= 0.6 is 0 Å². The Kier molecular flexibility index (Phi) is 6.96. The predicted molar refractivity (Wildman–Crippen MR) is 236 cm³/mol. The van der Waals surface area contributed by atoms with Crippen LogP contribution in [0.4, 0.5) is 34.1 Å². The van der Waals surface area contributed by atoms with Crippen LogP contribution in [0.1, 0.15) is 11.1 Å². The van der Waals surface area contributed by atoms with E-state index >= 15 is 0 Å². The van der Waals surface area contributed by atoms with Gasteiger partial charge in [-0.15, -0.1) is 0 Å². The highest BCUT2D eigenvalue weighted by Gasteiger charge is 2.28. The first-order chi connectivity index (χ1) is 28.3. The van der Waals surface area contributed by atoms with Crippen LogP contribution in [0.25, 0.3) is 65.8 Å². The Balaban J connectivity index is 1.04. The number of nitrogens with zero attached hydrogens (tertiary/aromatic N) is 2. The van der Waals surface area contributed by atoms with Crippen molar-refractivity contribution in [2.75, 3.05) is 9.80 Å². The summed E-state index contributed by atoms with van der Waals surface area (Å²) in [4.78, 5) is 4.72. The third kappa shape index (κ3) is 4.87. The largest absolute Gasteiger partial charge is 0.454 e. The Morgan fingerprint density at radius 1 is 0.333 bits per heavy atom. The van der Waals surface area contributed by atoms with Crippen molar-refractivity contribution in [2.45, 2.75) is 6.42 Å². The van der Waals surface area contributed by atoms with E-state index in [1.54, 1.807) is 0 Å². The third-order valence-electron chi connectivity index (χ3n) is 11.6. The lowest BCUT2D eigenvalue weighted by molar-refractivity contribution is 0.668. The number of fused-ring (bicyclic) bond motifs is 11. The van der Waals surface area contributed by atoms with Gasteiger partial charge in [0.05, 0.1) is 17.1 Å². The summed E-state index contributed by atoms with van der Waals surface area (Å²) < 4.78 is 13.3. The maximum absolute atomic E-state index is 6.66. The number of hydrogen-bond acceptors (Lipinski definition) is 4. The van der Waals surface area contributed by atoms with Crippen LogP contribution in [0.3, 0.4) is 0 Å². The molecule has 0 radical (unpaired) electrons. The van der Waals surface area contributed by atoms with E-state index in [1.165, 1.54) is 33.0 Å². The molecule has 0 aliphatic heterocycles. The molecule has 0 N–H and O–H groups in total. The summed E-state index contributed by atoms with van der Waals surface area (Å²) in [6.45, 7) is 0. The molecule has 268 valence electrons. The summed E-state index contributed by atoms with van der Waals surface area (Å²) in [7, 11) is 0. The smallest absolute Gasteiger partial charge is 0.159 e. The van der Waals surface area contributed by atoms with Crippen molar-refractivity contribution in [3.63, 3.8) is 0 Å². The molecule has 4 nitrogen and oxygen atoms in total. The second kappa shape index (κ2) is 12.5. The molecule has 0 saturated carbocycles. The van der Waals surface area contributed by atoms with Crippen LogP contribution in [0.5, 0.6) is 0 Å². The van der Waals surface area contributed by atoms with Crippen molar-refractivity contribution in [1.82, 2.24) is 0 Å². The molecule has 0 unspecified atom stereocenters. The fraction of sp³-hybridized carbons (Fsp3) is 0.0189. The monoisotopic (exact) mass is 730 g/mol. The summed E-state index contributed by atoms with van der Waals surface area (Å²) >= 11 is 0. The van der Waals surface area contributed by atoms with E-state index in [0.717, 1.165) is 84.4 Å². The minimum Gasteiger partial charge on any atom is -0.454 e. The average Bonchev–Trinajstić information content (AvgIpc) is 3.97. The Morgan fingerprint density at radius 3 is 1.47 bits per heavy atom. The van der Waals surface area contributed by atoms with Gasteiger partial charge >= 0.3 is 0 Å². The van der Waals surface area contributed by atoms with Crippen LogP contribution < -0.4 is 9.80 Å². The molecule has 0 saturated heterocycles. The number of furan rings is 2. The summed E-state index contributed by atoms with van der Waals surface area (Å²) in [6.07, 6.45) is 0.811. The zero-order valence-corrected chi connectivity index (χ0v) is 30.9. The summed E-state index contributed by atoms with van der Waals surface area (Å²) in [5.41, 5.74) is 15.1. The number of benzene rings is 9. The van der Waals surface area contributed by atoms with Gasteiger partial charge in [-0.25, -0.2) is 0 Å². The molecule has 4 heteroatoms. The minimum absolute atomic E-state index is 0.811. The molecule has 0 fully saturated rings. The van der Waals surface area contributed by atoms with Crippen molar-refractivity contribution in [3.05, 3.63) is 205 Å². The highest BCUT2D eigenvalue weighted by atomic mass is 16.3. The zero-order valence-electron chi connectivity index (χ0n) is 30.9. The van der Waals surface area contributed by atoms with Gasteiger partial charge in [0.25, 0.3) is 0 Å². The number of rotatable bonds is 6. The van der Waals surface area contributed by atoms with Gasteiger partial charge in [-0.05, 0) is 101 Å². The topological polar surface area (TPSA) is 32.8 Å². The molecule has 12 rings (SSSR count). The molecular formula is C53H34N2O2. The normalized spacial score (nSPS) is 12.1. The highest BCUT2D eigenvalue weighted by Crippen LogP contribution is 2.51. The summed E-state index contributed by atoms with van der Waals surface area (Å²) in [5, 5.41) is 6.88. The van der Waals surface area contributed by atoms with Gasteiger partial charge in [0.15, 0.2) is 11.2 Å². The van der Waals surface area contributed by atoms with Crippen molar-refractivity contribution in [1.29, 1.82) is 0 Å². The Labute approximate surface area is 329 Å². The van der Waals surface area contributed by atoms with E-state index in [2.05, 4.69) is 186 Å². The standard InChI is InChI=1S/C53H34N2O2/c1-3-15-36(16-4-1)54(46-25-13-23-44-41-20-9-11-27-49(41)56-52(44)46)38-29-30-39-34(32-38)31-35-33-48(40-19-7-8-22-43(40)51(35)39)55(37-17-5-2-6-18-37)47-26-14-24-45-42-21-10-12-28-50(42)57-53(45)47/h1-30,32-33H,31H2. The first-order valence-corrected chi connectivity index (χ1v) is 19.5. The van der Waals surface area contributed by atoms with Crippen LogP contribution in [0.15, 0.2) is 203 Å². The summed E-state index contributed by atoms with van der Waals surface area (Å²) in [6, 6.07) is 69.1. The molecule has 2 aromatic heterocycles. The van der Waals surface area contributed by atoms with E-state index in [-0.39, 0.29) is 0 Å². The highest BCUT2D eigenvalue weighted by molar-refractivity contribution is 6.14. The van der Waals surface area contributed by atoms with Gasteiger partial charge in [0.1, 0.15) is 11.2 Å². The Hall–Kier alpha value is -7.56. The second-order valence-electron chi connectivity index (χ2n) is 14.8. The number of anilines is 6. The quantitative estimate of drug-likeness (QED) is 0.171. The van der Waals surface area contributed by atoms with Crippen LogP contribution in [-0.4, -0.2) is 0 Å². The first-order valence-electron chi connectivity index (χ1n) is 19.5. The van der Waals surface area contributed by atoms with E-state index < -0.39 is 0 Å². The fourth-order valence-corrected chi connectivity index (χ4v) is 9.18. The average molecular weight is 731 g/mol. The first kappa shape index (κ1) is 31.8. The molecule has 9 aromatic carbocycles. The van der Waals surface area contributed by atoms with E-state index in [4.69, 9.17) is 8.83 Å². The van der Waals surface area contributed by atoms with Gasteiger partial charge in [0.2, 0.25) is 0 Å². The molecule has 0 atom stereocenters. The fourth-order valence-electron chi connectivity index (χ4n) is 9.18. The van der Waals surface area contributed by atoms with Gasteiger partial charge in [-0.2, -0.15) is 0 Å². The zero-order chi connectivity index (χ0) is 37.5. The lowest BCUT2D eigenvalue weighted by Gasteiger charge is -2.28. The summed E-state index contributed by atoms with van der Waals surface area (Å²) in [5.74, 6) is 0. The Morgan fingerprint density at radius 2 is 0.842 bits per heavy atom. The number of para-hydroxylation sites is 6. The van der Waals surface area contributed by atoms with Crippen LogP contribution in [0, 0.1) is 0 Å². The molecule has 11 aromatic rings. The molecule has 0 spiro atoms. The van der Waals surface area contributed by atoms with Gasteiger partial charge in [0, 0.05) is 44.0 Å². The van der Waals surface area contributed by atoms with Gasteiger partial charge in [-0.1, -0.05) is 127 Å². The molecule has 0 bridgehead atoms.